The fraction of sp³-hybridized carbons (Fsp3) is 0.571. The molecule has 0 aliphatic carbocycles. The van der Waals surface area contributed by atoms with Gasteiger partial charge in [-0.1, -0.05) is 19.1 Å². The maximum absolute atomic E-state index is 11.4. The second kappa shape index (κ2) is 6.11. The summed E-state index contributed by atoms with van der Waals surface area (Å²) in [6, 6.07) is 7.75. The number of benzene rings is 1. The van der Waals surface area contributed by atoms with E-state index in [1.165, 1.54) is 0 Å². The maximum Gasteiger partial charge on any atom is 0.156 e. The van der Waals surface area contributed by atoms with Crippen LogP contribution in [0, 0.1) is 0 Å². The molecular formula is C14H21NO4S. The number of sulfone groups is 1. The number of rotatable bonds is 5. The van der Waals surface area contributed by atoms with Gasteiger partial charge in [-0.25, -0.2) is 8.42 Å². The summed E-state index contributed by atoms with van der Waals surface area (Å²) in [5, 5.41) is 13.0. The van der Waals surface area contributed by atoms with Crippen molar-refractivity contribution < 1.29 is 18.3 Å². The zero-order chi connectivity index (χ0) is 14.8. The lowest BCUT2D eigenvalue weighted by molar-refractivity contribution is 0.0738. The number of aliphatic hydroxyl groups excluding tert-OH is 1. The number of aliphatic hydroxyl groups is 1. The van der Waals surface area contributed by atoms with Crippen LogP contribution in [0.15, 0.2) is 24.3 Å². The van der Waals surface area contributed by atoms with E-state index in [9.17, 15) is 13.5 Å². The Bertz CT molecular complexity index is 541. The molecule has 112 valence electrons. The zero-order valence-corrected chi connectivity index (χ0v) is 12.6. The molecule has 3 unspecified atom stereocenters. The highest BCUT2D eigenvalue weighted by atomic mass is 32.2. The quantitative estimate of drug-likeness (QED) is 0.844. The van der Waals surface area contributed by atoms with Gasteiger partial charge in [0.25, 0.3) is 0 Å². The summed E-state index contributed by atoms with van der Waals surface area (Å²) < 4.78 is 28.4. The van der Waals surface area contributed by atoms with Gasteiger partial charge in [-0.2, -0.15) is 0 Å². The Kier molecular flexibility index (Phi) is 4.67. The van der Waals surface area contributed by atoms with Gasteiger partial charge in [-0.15, -0.1) is 0 Å². The molecule has 1 fully saturated rings. The second-order valence-corrected chi connectivity index (χ2v) is 7.30. The molecule has 5 nitrogen and oxygen atoms in total. The SMILES string of the molecule is CCNC(C)c1ccc(OC2CS(=O)(=O)CC2O)cc1. The van der Waals surface area contributed by atoms with E-state index in [1.807, 2.05) is 12.1 Å². The van der Waals surface area contributed by atoms with E-state index < -0.39 is 22.0 Å². The van der Waals surface area contributed by atoms with E-state index in [0.29, 0.717) is 5.75 Å². The van der Waals surface area contributed by atoms with E-state index in [0.717, 1.165) is 12.1 Å². The van der Waals surface area contributed by atoms with E-state index in [-0.39, 0.29) is 17.5 Å². The molecule has 0 amide bonds. The molecule has 1 aliphatic rings. The topological polar surface area (TPSA) is 75.6 Å². The summed E-state index contributed by atoms with van der Waals surface area (Å²) in [4.78, 5) is 0. The van der Waals surface area contributed by atoms with Crippen LogP contribution in [0.5, 0.6) is 5.75 Å². The Hall–Kier alpha value is -1.11. The molecule has 1 aromatic rings. The molecule has 1 aromatic carbocycles. The van der Waals surface area contributed by atoms with Gasteiger partial charge in [0, 0.05) is 6.04 Å². The van der Waals surface area contributed by atoms with Crippen LogP contribution in [0.4, 0.5) is 0 Å². The molecule has 1 aliphatic heterocycles. The van der Waals surface area contributed by atoms with Crippen LogP contribution < -0.4 is 10.1 Å². The van der Waals surface area contributed by atoms with Crippen molar-refractivity contribution in [3.63, 3.8) is 0 Å². The standard InChI is InChI=1S/C14H21NO4S/c1-3-15-10(2)11-4-6-12(7-5-11)19-14-9-20(17,18)8-13(14)16/h4-7,10,13-16H,3,8-9H2,1-2H3. The van der Waals surface area contributed by atoms with Crippen LogP contribution in [-0.4, -0.2) is 43.8 Å². The predicted molar refractivity (Wildman–Crippen MR) is 77.6 cm³/mol. The lowest BCUT2D eigenvalue weighted by Crippen LogP contribution is -2.29. The van der Waals surface area contributed by atoms with E-state index in [4.69, 9.17) is 4.74 Å². The molecule has 1 heterocycles. The van der Waals surface area contributed by atoms with Crippen molar-refractivity contribution in [2.75, 3.05) is 18.1 Å². The van der Waals surface area contributed by atoms with Crippen molar-refractivity contribution in [2.24, 2.45) is 0 Å². The third-order valence-corrected chi connectivity index (χ3v) is 5.14. The molecule has 6 heteroatoms. The number of ether oxygens (including phenoxy) is 1. The lowest BCUT2D eigenvalue weighted by atomic mass is 10.1. The van der Waals surface area contributed by atoms with Crippen molar-refractivity contribution in [3.8, 4) is 5.75 Å². The summed E-state index contributed by atoms with van der Waals surface area (Å²) >= 11 is 0. The van der Waals surface area contributed by atoms with E-state index >= 15 is 0 Å². The summed E-state index contributed by atoms with van der Waals surface area (Å²) in [6.07, 6.45) is -1.61. The Balaban J connectivity index is 2.01. The van der Waals surface area contributed by atoms with Crippen molar-refractivity contribution >= 4 is 9.84 Å². The van der Waals surface area contributed by atoms with Gasteiger partial charge in [0.2, 0.25) is 0 Å². The Labute approximate surface area is 119 Å². The van der Waals surface area contributed by atoms with Gasteiger partial charge in [-0.3, -0.25) is 0 Å². The fourth-order valence-corrected chi connectivity index (χ4v) is 4.01. The van der Waals surface area contributed by atoms with Crippen molar-refractivity contribution in [1.29, 1.82) is 0 Å². The molecule has 2 N–H and O–H groups in total. The highest BCUT2D eigenvalue weighted by Gasteiger charge is 2.38. The van der Waals surface area contributed by atoms with Crippen LogP contribution in [0.2, 0.25) is 0 Å². The first kappa shape index (κ1) is 15.3. The zero-order valence-electron chi connectivity index (χ0n) is 11.7. The molecule has 0 spiro atoms. The van der Waals surface area contributed by atoms with E-state index in [1.54, 1.807) is 12.1 Å². The van der Waals surface area contributed by atoms with Gasteiger partial charge in [0.1, 0.15) is 18.0 Å². The van der Waals surface area contributed by atoms with Crippen LogP contribution in [-0.2, 0) is 9.84 Å². The van der Waals surface area contributed by atoms with Crippen LogP contribution in [0.25, 0.3) is 0 Å². The van der Waals surface area contributed by atoms with Crippen LogP contribution in [0.1, 0.15) is 25.5 Å². The molecular weight excluding hydrogens is 278 g/mol. The first-order valence-corrected chi connectivity index (χ1v) is 8.62. The molecule has 3 atom stereocenters. The monoisotopic (exact) mass is 299 g/mol. The third-order valence-electron chi connectivity index (χ3n) is 3.45. The van der Waals surface area contributed by atoms with Gasteiger partial charge in [0.05, 0.1) is 11.5 Å². The number of hydrogen-bond donors (Lipinski definition) is 2. The molecule has 0 radical (unpaired) electrons. The minimum Gasteiger partial charge on any atom is -0.487 e. The van der Waals surface area contributed by atoms with Crippen molar-refractivity contribution in [2.45, 2.75) is 32.1 Å². The Morgan fingerprint density at radius 1 is 1.35 bits per heavy atom. The largest absolute Gasteiger partial charge is 0.487 e. The normalized spacial score (nSPS) is 26.4. The molecule has 0 aromatic heterocycles. The summed E-state index contributed by atoms with van der Waals surface area (Å²) in [5.41, 5.74) is 1.14. The molecule has 0 bridgehead atoms. The van der Waals surface area contributed by atoms with Crippen molar-refractivity contribution in [1.82, 2.24) is 5.32 Å². The predicted octanol–water partition coefficient (Wildman–Crippen LogP) is 0.894. The fourth-order valence-electron chi connectivity index (χ4n) is 2.34. The average molecular weight is 299 g/mol. The van der Waals surface area contributed by atoms with Crippen molar-refractivity contribution in [3.05, 3.63) is 29.8 Å². The first-order chi connectivity index (χ1) is 9.41. The summed E-state index contributed by atoms with van der Waals surface area (Å²) in [5.74, 6) is 0.246. The number of nitrogens with one attached hydrogen (secondary N) is 1. The second-order valence-electron chi connectivity index (χ2n) is 5.15. The first-order valence-electron chi connectivity index (χ1n) is 6.80. The molecule has 2 rings (SSSR count). The Morgan fingerprint density at radius 2 is 2.00 bits per heavy atom. The summed E-state index contributed by atoms with van der Waals surface area (Å²) in [6.45, 7) is 5.02. The van der Waals surface area contributed by atoms with Crippen LogP contribution >= 0.6 is 0 Å². The minimum atomic E-state index is -3.18. The van der Waals surface area contributed by atoms with Gasteiger partial charge in [-0.05, 0) is 31.2 Å². The van der Waals surface area contributed by atoms with Crippen LogP contribution in [0.3, 0.4) is 0 Å². The lowest BCUT2D eigenvalue weighted by Gasteiger charge is -2.17. The van der Waals surface area contributed by atoms with Gasteiger partial charge in [0.15, 0.2) is 9.84 Å². The third kappa shape index (κ3) is 3.71. The highest BCUT2D eigenvalue weighted by Crippen LogP contribution is 2.22. The average Bonchev–Trinajstić information content (AvgIpc) is 2.63. The van der Waals surface area contributed by atoms with Gasteiger partial charge >= 0.3 is 0 Å². The molecule has 1 saturated heterocycles. The molecule has 20 heavy (non-hydrogen) atoms. The Morgan fingerprint density at radius 3 is 2.50 bits per heavy atom. The summed E-state index contributed by atoms with van der Waals surface area (Å²) in [7, 11) is -3.18. The highest BCUT2D eigenvalue weighted by molar-refractivity contribution is 7.91. The minimum absolute atomic E-state index is 0.121. The molecule has 0 saturated carbocycles. The smallest absolute Gasteiger partial charge is 0.156 e. The maximum atomic E-state index is 11.4. The van der Waals surface area contributed by atoms with E-state index in [2.05, 4.69) is 19.2 Å². The van der Waals surface area contributed by atoms with Gasteiger partial charge < -0.3 is 15.2 Å². The number of hydrogen-bond acceptors (Lipinski definition) is 5.